The lowest BCUT2D eigenvalue weighted by Crippen LogP contribution is -2.23. The number of rotatable bonds is 7. The summed E-state index contributed by atoms with van der Waals surface area (Å²) in [6.07, 6.45) is -2.86. The zero-order chi connectivity index (χ0) is 10.2. The van der Waals surface area contributed by atoms with Gasteiger partial charge in [0.2, 0.25) is 0 Å². The summed E-state index contributed by atoms with van der Waals surface area (Å²) in [7, 11) is 1.86. The van der Waals surface area contributed by atoms with E-state index < -0.39 is 12.6 Å². The molecule has 0 unspecified atom stereocenters. The van der Waals surface area contributed by atoms with Crippen molar-refractivity contribution in [1.82, 2.24) is 10.6 Å². The van der Waals surface area contributed by atoms with Gasteiger partial charge in [-0.3, -0.25) is 0 Å². The maximum Gasteiger partial charge on any atom is 0.390 e. The van der Waals surface area contributed by atoms with Gasteiger partial charge in [-0.25, -0.2) is 0 Å². The Labute approximate surface area is 76.9 Å². The summed E-state index contributed by atoms with van der Waals surface area (Å²) in [4.78, 5) is 0. The Bertz CT molecular complexity index is 114. The van der Waals surface area contributed by atoms with Crippen molar-refractivity contribution in [2.24, 2.45) is 0 Å². The summed E-state index contributed by atoms with van der Waals surface area (Å²) < 4.78 is 34.9. The van der Waals surface area contributed by atoms with Gasteiger partial charge in [0.05, 0.1) is 6.42 Å². The van der Waals surface area contributed by atoms with E-state index in [0.717, 1.165) is 19.4 Å². The quantitative estimate of drug-likeness (QED) is 0.606. The summed E-state index contributed by atoms with van der Waals surface area (Å²) >= 11 is 0. The van der Waals surface area contributed by atoms with Crippen LogP contribution >= 0.6 is 0 Å². The van der Waals surface area contributed by atoms with E-state index in [4.69, 9.17) is 0 Å². The molecule has 0 fully saturated rings. The van der Waals surface area contributed by atoms with Crippen LogP contribution in [-0.4, -0.2) is 32.9 Å². The fourth-order valence-electron chi connectivity index (χ4n) is 0.907. The van der Waals surface area contributed by atoms with Crippen LogP contribution in [0.5, 0.6) is 0 Å². The minimum absolute atomic E-state index is 0.0308. The summed E-state index contributed by atoms with van der Waals surface area (Å²) in [5, 5.41) is 5.73. The van der Waals surface area contributed by atoms with Crippen LogP contribution in [0, 0.1) is 0 Å². The third-order valence-electron chi connectivity index (χ3n) is 1.62. The van der Waals surface area contributed by atoms with Gasteiger partial charge in [0.1, 0.15) is 0 Å². The molecule has 0 aromatic rings. The maximum absolute atomic E-state index is 11.6. The average molecular weight is 198 g/mol. The lowest BCUT2D eigenvalue weighted by molar-refractivity contribution is -0.133. The molecule has 13 heavy (non-hydrogen) atoms. The van der Waals surface area contributed by atoms with Crippen LogP contribution in [0.25, 0.3) is 0 Å². The van der Waals surface area contributed by atoms with Crippen LogP contribution in [0.15, 0.2) is 0 Å². The van der Waals surface area contributed by atoms with Crippen LogP contribution in [0.2, 0.25) is 0 Å². The van der Waals surface area contributed by atoms with Crippen molar-refractivity contribution in [3.05, 3.63) is 0 Å². The van der Waals surface area contributed by atoms with Gasteiger partial charge >= 0.3 is 6.18 Å². The van der Waals surface area contributed by atoms with Crippen LogP contribution in [0.3, 0.4) is 0 Å². The molecule has 0 atom stereocenters. The summed E-state index contributed by atoms with van der Waals surface area (Å²) in [6, 6.07) is 0. The van der Waals surface area contributed by atoms with Gasteiger partial charge in [0, 0.05) is 6.54 Å². The Balaban J connectivity index is 3.00. The molecule has 0 aromatic carbocycles. The van der Waals surface area contributed by atoms with E-state index >= 15 is 0 Å². The predicted octanol–water partition coefficient (Wildman–Crippen LogP) is 1.53. The number of halogens is 3. The molecule has 0 radical (unpaired) electrons. The number of alkyl halides is 3. The molecule has 0 saturated carbocycles. The standard InChI is InChI=1S/C8H17F3N2/c1-12-5-2-3-6-13-7-4-8(9,10)11/h12-13H,2-7H2,1H3. The highest BCUT2D eigenvalue weighted by atomic mass is 19.4. The number of hydrogen-bond donors (Lipinski definition) is 2. The predicted molar refractivity (Wildman–Crippen MR) is 46.7 cm³/mol. The van der Waals surface area contributed by atoms with Crippen LogP contribution in [0.4, 0.5) is 13.2 Å². The first kappa shape index (κ1) is 12.7. The van der Waals surface area contributed by atoms with Gasteiger partial charge in [0.15, 0.2) is 0 Å². The second-order valence-corrected chi connectivity index (χ2v) is 2.93. The van der Waals surface area contributed by atoms with E-state index in [1.54, 1.807) is 0 Å². The summed E-state index contributed by atoms with van der Waals surface area (Å²) in [5.41, 5.74) is 0. The average Bonchev–Trinajstić information content (AvgIpc) is 2.01. The van der Waals surface area contributed by atoms with Crippen molar-refractivity contribution in [3.8, 4) is 0 Å². The number of hydrogen-bond acceptors (Lipinski definition) is 2. The zero-order valence-corrected chi connectivity index (χ0v) is 7.88. The Hall–Kier alpha value is -0.290. The third kappa shape index (κ3) is 11.7. The fraction of sp³-hybridized carbons (Fsp3) is 1.00. The van der Waals surface area contributed by atoms with Crippen molar-refractivity contribution >= 4 is 0 Å². The second-order valence-electron chi connectivity index (χ2n) is 2.93. The SMILES string of the molecule is CNCCCCNCCC(F)(F)F. The molecule has 2 N–H and O–H groups in total. The Morgan fingerprint density at radius 2 is 1.62 bits per heavy atom. The normalized spacial score (nSPS) is 12.0. The smallest absolute Gasteiger partial charge is 0.320 e. The molecule has 0 rings (SSSR count). The van der Waals surface area contributed by atoms with E-state index in [9.17, 15) is 13.2 Å². The number of unbranched alkanes of at least 4 members (excludes halogenated alkanes) is 1. The van der Waals surface area contributed by atoms with Crippen molar-refractivity contribution in [2.45, 2.75) is 25.4 Å². The Morgan fingerprint density at radius 3 is 2.15 bits per heavy atom. The summed E-state index contributed by atoms with van der Waals surface area (Å²) in [6.45, 7) is 1.61. The zero-order valence-electron chi connectivity index (χ0n) is 7.88. The van der Waals surface area contributed by atoms with Gasteiger partial charge in [-0.1, -0.05) is 0 Å². The maximum atomic E-state index is 11.6. The van der Waals surface area contributed by atoms with Gasteiger partial charge < -0.3 is 10.6 Å². The van der Waals surface area contributed by atoms with Crippen LogP contribution in [-0.2, 0) is 0 Å². The largest absolute Gasteiger partial charge is 0.390 e. The van der Waals surface area contributed by atoms with E-state index in [1.165, 1.54) is 0 Å². The molecule has 0 amide bonds. The topological polar surface area (TPSA) is 24.1 Å². The van der Waals surface area contributed by atoms with Crippen LogP contribution in [0.1, 0.15) is 19.3 Å². The van der Waals surface area contributed by atoms with E-state index in [1.807, 2.05) is 7.05 Å². The molecule has 2 nitrogen and oxygen atoms in total. The minimum Gasteiger partial charge on any atom is -0.320 e. The van der Waals surface area contributed by atoms with Gasteiger partial charge in [-0.2, -0.15) is 13.2 Å². The second kappa shape index (κ2) is 7.15. The van der Waals surface area contributed by atoms with E-state index in [-0.39, 0.29) is 6.54 Å². The highest BCUT2D eigenvalue weighted by Gasteiger charge is 2.25. The van der Waals surface area contributed by atoms with Crippen molar-refractivity contribution in [2.75, 3.05) is 26.7 Å². The van der Waals surface area contributed by atoms with Crippen molar-refractivity contribution < 1.29 is 13.2 Å². The first-order valence-electron chi connectivity index (χ1n) is 4.48. The molecule has 0 saturated heterocycles. The van der Waals surface area contributed by atoms with Crippen molar-refractivity contribution in [3.63, 3.8) is 0 Å². The first-order valence-corrected chi connectivity index (χ1v) is 4.48. The van der Waals surface area contributed by atoms with Gasteiger partial charge in [-0.05, 0) is 33.0 Å². The number of nitrogens with one attached hydrogen (secondary N) is 2. The monoisotopic (exact) mass is 198 g/mol. The Kier molecular flexibility index (Phi) is 6.99. The molecule has 5 heteroatoms. The molecule has 80 valence electrons. The van der Waals surface area contributed by atoms with E-state index in [2.05, 4.69) is 10.6 Å². The molecular weight excluding hydrogens is 181 g/mol. The highest BCUT2D eigenvalue weighted by Crippen LogP contribution is 2.17. The molecule has 0 aliphatic rings. The van der Waals surface area contributed by atoms with Crippen molar-refractivity contribution in [1.29, 1.82) is 0 Å². The molecule has 0 spiro atoms. The third-order valence-corrected chi connectivity index (χ3v) is 1.62. The first-order chi connectivity index (χ1) is 6.06. The molecular formula is C8H17F3N2. The highest BCUT2D eigenvalue weighted by molar-refractivity contribution is 4.55. The van der Waals surface area contributed by atoms with E-state index in [0.29, 0.717) is 6.54 Å². The van der Waals surface area contributed by atoms with Gasteiger partial charge in [-0.15, -0.1) is 0 Å². The molecule has 0 heterocycles. The Morgan fingerprint density at radius 1 is 1.00 bits per heavy atom. The van der Waals surface area contributed by atoms with Crippen LogP contribution < -0.4 is 10.6 Å². The molecule has 0 aliphatic heterocycles. The lowest BCUT2D eigenvalue weighted by atomic mass is 10.3. The molecule has 0 aromatic heterocycles. The molecule has 0 bridgehead atoms. The molecule has 0 aliphatic carbocycles. The minimum atomic E-state index is -4.03. The van der Waals surface area contributed by atoms with Gasteiger partial charge in [0.25, 0.3) is 0 Å². The lowest BCUT2D eigenvalue weighted by Gasteiger charge is -2.07. The fourth-order valence-corrected chi connectivity index (χ4v) is 0.907. The summed E-state index contributed by atoms with van der Waals surface area (Å²) in [5.74, 6) is 0.